The molecule has 0 saturated heterocycles. The third-order valence-corrected chi connectivity index (χ3v) is 0.662. The molecule has 0 spiro atoms. The minimum absolute atomic E-state index is 0. The molecule has 8 heavy (non-hydrogen) atoms. The van der Waals surface area contributed by atoms with Gasteiger partial charge in [0.15, 0.2) is 0 Å². The van der Waals surface area contributed by atoms with E-state index in [4.69, 9.17) is 9.66 Å². The summed E-state index contributed by atoms with van der Waals surface area (Å²) in [6, 6.07) is 0. The van der Waals surface area contributed by atoms with Gasteiger partial charge in [-0.25, -0.2) is 4.79 Å². The first-order chi connectivity index (χ1) is 2.94. The summed E-state index contributed by atoms with van der Waals surface area (Å²) in [5.74, 6) is 0. The van der Waals surface area contributed by atoms with Gasteiger partial charge in [0.2, 0.25) is 0 Å². The van der Waals surface area contributed by atoms with Crippen LogP contribution in [0.2, 0.25) is 0 Å². The molecule has 0 aromatic rings. The van der Waals surface area contributed by atoms with Crippen LogP contribution >= 0.6 is 0 Å². The monoisotopic (exact) mass is 266 g/mol. The zero-order chi connectivity index (χ0) is 6.08. The minimum Gasteiger partial charge on any atom is -1.00 e. The average Bonchev–Trinajstić information content (AvgIpc) is 1.31. The van der Waals surface area contributed by atoms with Gasteiger partial charge in [-0.2, -0.15) is 8.42 Å². The molecule has 0 aliphatic heterocycles. The Hall–Kier alpha value is 0.951. The third kappa shape index (κ3) is 5.10. The number of hydrogen-bond acceptors (Lipinski definition) is 3. The molecule has 0 unspecified atom stereocenters. The molecule has 0 fully saturated rings. The molecular weight excluding hydrogens is 261 g/mol. The van der Waals surface area contributed by atoms with Crippen LogP contribution in [0.25, 0.3) is 0 Å². The van der Waals surface area contributed by atoms with E-state index < -0.39 is 15.4 Å². The van der Waals surface area contributed by atoms with Gasteiger partial charge >= 0.3 is 64.3 Å². The molecule has 5 nitrogen and oxygen atoms in total. The first-order valence-corrected chi connectivity index (χ1v) is 2.59. The van der Waals surface area contributed by atoms with Crippen molar-refractivity contribution >= 4 is 64.3 Å². The van der Waals surface area contributed by atoms with E-state index in [2.05, 4.69) is 0 Å². The molecule has 0 saturated carbocycles. The Balaban J connectivity index is -0.0000000600. The van der Waals surface area contributed by atoms with Crippen LogP contribution in [0, 0.1) is 0 Å². The second kappa shape index (κ2) is 3.88. The predicted molar refractivity (Wildman–Crippen MR) is 27.6 cm³/mol. The molecule has 0 aliphatic carbocycles. The van der Waals surface area contributed by atoms with E-state index >= 15 is 0 Å². The first kappa shape index (κ1) is 11.7. The van der Waals surface area contributed by atoms with Crippen molar-refractivity contribution in [2.75, 3.05) is 0 Å². The van der Waals surface area contributed by atoms with E-state index in [0.717, 1.165) is 0 Å². The summed E-state index contributed by atoms with van der Waals surface area (Å²) in [7, 11) is -4.82. The Morgan fingerprint density at radius 2 is 1.62 bits per heavy atom. The molecule has 0 bridgehead atoms. The summed E-state index contributed by atoms with van der Waals surface area (Å²) in [4.78, 5) is 9.18. The van der Waals surface area contributed by atoms with Crippen molar-refractivity contribution in [3.8, 4) is 0 Å². The molecule has 2 N–H and O–H groups in total. The first-order valence-electron chi connectivity index (χ1n) is 1.15. The third-order valence-electron chi connectivity index (χ3n) is 0.221. The van der Waals surface area contributed by atoms with Crippen LogP contribution in [0.4, 0.5) is 4.79 Å². The maximum absolute atomic E-state index is 9.29. The topological polar surface area (TPSA) is 91.7 Å². The zero-order valence-electron chi connectivity index (χ0n) is 5.73. The fraction of sp³-hybridized carbons (Fsp3) is 0. The molecule has 7 heteroatoms. The summed E-state index contributed by atoms with van der Waals surface area (Å²) in [5.41, 5.74) is 0. The van der Waals surface area contributed by atoms with Gasteiger partial charge in [0.25, 0.3) is 0 Å². The fourth-order valence-corrected chi connectivity index (χ4v) is 0. The van der Waals surface area contributed by atoms with Crippen LogP contribution in [0.1, 0.15) is 2.85 Å². The maximum Gasteiger partial charge on any atom is 2.00 e. The SMILES string of the molecule is O=C(O)S(=O)(=O)O.[Ba+2].[H-].[H-]. The number of carboxylic acid groups (broad SMARTS) is 1. The molecule has 0 heterocycles. The summed E-state index contributed by atoms with van der Waals surface area (Å²) in [6.45, 7) is 0. The van der Waals surface area contributed by atoms with E-state index in [-0.39, 0.29) is 51.7 Å². The van der Waals surface area contributed by atoms with Crippen LogP contribution in [0.3, 0.4) is 0 Å². The second-order valence-electron chi connectivity index (χ2n) is 0.741. The second-order valence-corrected chi connectivity index (χ2v) is 2.04. The molecule has 0 atom stereocenters. The van der Waals surface area contributed by atoms with Crippen molar-refractivity contribution in [1.29, 1.82) is 0 Å². The molecular formula is CH4BaO5S. The van der Waals surface area contributed by atoms with Crippen molar-refractivity contribution in [2.45, 2.75) is 0 Å². The molecule has 46 valence electrons. The predicted octanol–water partition coefficient (Wildman–Crippen LogP) is -0.604. The smallest absolute Gasteiger partial charge is 1.00 e. The largest absolute Gasteiger partial charge is 2.00 e. The Kier molecular flexibility index (Phi) is 5.68. The molecule has 0 aliphatic rings. The van der Waals surface area contributed by atoms with Gasteiger partial charge in [-0.3, -0.25) is 4.55 Å². The maximum atomic E-state index is 9.29. The van der Waals surface area contributed by atoms with Crippen molar-refractivity contribution in [3.05, 3.63) is 0 Å². The summed E-state index contributed by atoms with van der Waals surface area (Å²) in [5, 5.41) is 5.18. The molecule has 0 rings (SSSR count). The van der Waals surface area contributed by atoms with Gasteiger partial charge in [-0.15, -0.1) is 0 Å². The van der Waals surface area contributed by atoms with Crippen molar-refractivity contribution in [3.63, 3.8) is 0 Å². The van der Waals surface area contributed by atoms with Gasteiger partial charge in [0, 0.05) is 0 Å². The molecule has 0 aromatic carbocycles. The zero-order valence-corrected chi connectivity index (χ0v) is 8.99. The van der Waals surface area contributed by atoms with Crippen LogP contribution < -0.4 is 0 Å². The van der Waals surface area contributed by atoms with Crippen molar-refractivity contribution in [2.24, 2.45) is 0 Å². The van der Waals surface area contributed by atoms with Gasteiger partial charge in [-0.1, -0.05) is 0 Å². The minimum atomic E-state index is -4.82. The van der Waals surface area contributed by atoms with Gasteiger partial charge in [0.05, 0.1) is 0 Å². The van der Waals surface area contributed by atoms with Crippen molar-refractivity contribution < 1.29 is 25.7 Å². The van der Waals surface area contributed by atoms with Crippen LogP contribution in [-0.4, -0.2) is 72.3 Å². The van der Waals surface area contributed by atoms with E-state index in [1.165, 1.54) is 0 Å². The Labute approximate surface area is 88.9 Å². The van der Waals surface area contributed by atoms with E-state index in [1.54, 1.807) is 0 Å². The average molecular weight is 265 g/mol. The van der Waals surface area contributed by atoms with Gasteiger partial charge in [-0.05, 0) is 0 Å². The quantitative estimate of drug-likeness (QED) is 0.450. The van der Waals surface area contributed by atoms with Crippen LogP contribution in [-0.2, 0) is 10.1 Å². The Bertz CT molecular complexity index is 174. The van der Waals surface area contributed by atoms with Crippen LogP contribution in [0.15, 0.2) is 0 Å². The fourth-order valence-electron chi connectivity index (χ4n) is 0. The normalized spacial score (nSPS) is 9.62. The molecule has 0 amide bonds. The Morgan fingerprint density at radius 3 is 1.62 bits per heavy atom. The van der Waals surface area contributed by atoms with E-state index in [0.29, 0.717) is 0 Å². The standard InChI is InChI=1S/CH2O5S.Ba.2H/c2-1(3)7(4,5)6;;;/h(H,2,3)(H,4,5,6);;;/q;+2;2*-1. The molecule has 0 aromatic heterocycles. The van der Waals surface area contributed by atoms with E-state index in [1.807, 2.05) is 0 Å². The summed E-state index contributed by atoms with van der Waals surface area (Å²) >= 11 is 0. The van der Waals surface area contributed by atoms with Crippen LogP contribution in [0.5, 0.6) is 0 Å². The van der Waals surface area contributed by atoms with Gasteiger partial charge < -0.3 is 7.96 Å². The number of hydrogen-bond donors (Lipinski definition) is 2. The van der Waals surface area contributed by atoms with Crippen molar-refractivity contribution in [1.82, 2.24) is 0 Å². The molecule has 0 radical (unpaired) electrons. The summed E-state index contributed by atoms with van der Waals surface area (Å²) in [6.07, 6.45) is 0. The summed E-state index contributed by atoms with van der Waals surface area (Å²) < 4.78 is 26.0. The number of rotatable bonds is 0. The van der Waals surface area contributed by atoms with Gasteiger partial charge in [0.1, 0.15) is 0 Å². The number of carbonyl (C=O) groups is 1. The van der Waals surface area contributed by atoms with E-state index in [9.17, 15) is 13.2 Å². The Morgan fingerprint density at radius 1 is 1.50 bits per heavy atom.